The number of para-hydroxylation sites is 1. The average Bonchev–Trinajstić information content (AvgIpc) is 2.97. The molecular formula is C31H31FN2O5. The first-order chi connectivity index (χ1) is 18.9. The van der Waals surface area contributed by atoms with E-state index in [4.69, 9.17) is 9.15 Å². The van der Waals surface area contributed by atoms with Gasteiger partial charge in [0, 0.05) is 18.7 Å². The number of halogens is 1. The van der Waals surface area contributed by atoms with Crippen LogP contribution in [0.1, 0.15) is 41.3 Å². The van der Waals surface area contributed by atoms with E-state index < -0.39 is 0 Å². The van der Waals surface area contributed by atoms with Crippen molar-refractivity contribution in [1.29, 1.82) is 0 Å². The number of hydrogen-bond donors (Lipinski definition) is 0. The van der Waals surface area contributed by atoms with Crippen LogP contribution in [0.15, 0.2) is 88.3 Å². The van der Waals surface area contributed by atoms with Crippen molar-refractivity contribution in [3.05, 3.63) is 112 Å². The summed E-state index contributed by atoms with van der Waals surface area (Å²) in [5, 5.41) is 0.418. The minimum atomic E-state index is -0.388. The lowest BCUT2D eigenvalue weighted by Gasteiger charge is -2.28. The highest BCUT2D eigenvalue weighted by atomic mass is 19.1. The molecule has 0 saturated heterocycles. The quantitative estimate of drug-likeness (QED) is 0.259. The molecule has 0 fully saturated rings. The summed E-state index contributed by atoms with van der Waals surface area (Å²) in [6.07, 6.45) is 2.93. The Balaban J connectivity index is 1.63. The summed E-state index contributed by atoms with van der Waals surface area (Å²) in [4.78, 5) is 43.3. The normalized spacial score (nSPS) is 10.8. The monoisotopic (exact) mass is 530 g/mol. The molecule has 0 atom stereocenters. The van der Waals surface area contributed by atoms with Crippen LogP contribution in [0.3, 0.4) is 0 Å². The molecule has 0 radical (unpaired) electrons. The lowest BCUT2D eigenvalue weighted by molar-refractivity contribution is -0.133. The summed E-state index contributed by atoms with van der Waals surface area (Å²) in [5.41, 5.74) is 1.64. The van der Waals surface area contributed by atoms with Gasteiger partial charge in [-0.3, -0.25) is 14.4 Å². The van der Waals surface area contributed by atoms with Crippen molar-refractivity contribution >= 4 is 22.8 Å². The average molecular weight is 531 g/mol. The third kappa shape index (κ3) is 6.90. The number of unbranched alkanes of at least 4 members (excludes halogenated alkanes) is 1. The van der Waals surface area contributed by atoms with Crippen LogP contribution in [-0.2, 0) is 17.9 Å². The van der Waals surface area contributed by atoms with Gasteiger partial charge in [0.2, 0.25) is 5.91 Å². The van der Waals surface area contributed by atoms with Crippen LogP contribution in [-0.4, -0.2) is 41.8 Å². The molecule has 0 unspecified atom stereocenters. The number of carbonyl (C=O) groups excluding carboxylic acids is 2. The van der Waals surface area contributed by atoms with Gasteiger partial charge in [-0.2, -0.15) is 0 Å². The van der Waals surface area contributed by atoms with Crippen molar-refractivity contribution in [3.8, 4) is 5.75 Å². The van der Waals surface area contributed by atoms with Gasteiger partial charge in [-0.25, -0.2) is 4.39 Å². The number of hydrogen-bond acceptors (Lipinski definition) is 5. The number of carbonyl (C=O) groups is 2. The van der Waals surface area contributed by atoms with E-state index >= 15 is 0 Å². The standard InChI is InChI=1S/C31H31FN2O5/c1-3-4-16-33(31(37)23-8-7-9-26(17-23)38-2)20-29(35)34(18-22-12-14-25(32)15-13-22)19-24-21-39-28-11-6-5-10-27(28)30(24)36/h5-15,17,21H,3-4,16,18-20H2,1-2H3. The van der Waals surface area contributed by atoms with Gasteiger partial charge in [0.25, 0.3) is 5.91 Å². The largest absolute Gasteiger partial charge is 0.497 e. The molecule has 0 aliphatic rings. The summed E-state index contributed by atoms with van der Waals surface area (Å²) in [6.45, 7) is 2.31. The van der Waals surface area contributed by atoms with E-state index in [0.29, 0.717) is 40.0 Å². The Morgan fingerprint density at radius 1 is 0.949 bits per heavy atom. The van der Waals surface area contributed by atoms with Gasteiger partial charge in [0.15, 0.2) is 5.43 Å². The molecule has 202 valence electrons. The highest BCUT2D eigenvalue weighted by Gasteiger charge is 2.24. The molecule has 0 saturated carbocycles. The van der Waals surface area contributed by atoms with Crippen LogP contribution in [0, 0.1) is 5.82 Å². The molecular weight excluding hydrogens is 499 g/mol. The van der Waals surface area contributed by atoms with Gasteiger partial charge < -0.3 is 19.0 Å². The first-order valence-electron chi connectivity index (χ1n) is 12.8. The van der Waals surface area contributed by atoms with Gasteiger partial charge in [-0.05, 0) is 54.4 Å². The third-order valence-electron chi connectivity index (χ3n) is 6.46. The lowest BCUT2D eigenvalue weighted by Crippen LogP contribution is -2.43. The maximum absolute atomic E-state index is 13.7. The molecule has 0 N–H and O–H groups in total. The Hall–Kier alpha value is -4.46. The number of ether oxygens (including phenoxy) is 1. The maximum atomic E-state index is 13.7. The number of benzene rings is 3. The fourth-order valence-electron chi connectivity index (χ4n) is 4.28. The van der Waals surface area contributed by atoms with Crippen LogP contribution in [0.5, 0.6) is 5.75 Å². The molecule has 8 heteroatoms. The first-order valence-corrected chi connectivity index (χ1v) is 12.8. The predicted octanol–water partition coefficient (Wildman–Crippen LogP) is 5.41. The van der Waals surface area contributed by atoms with Crippen molar-refractivity contribution in [2.75, 3.05) is 20.2 Å². The number of fused-ring (bicyclic) bond motifs is 1. The first kappa shape index (κ1) is 27.6. The molecule has 7 nitrogen and oxygen atoms in total. The molecule has 4 rings (SSSR count). The lowest BCUT2D eigenvalue weighted by atomic mass is 10.1. The molecule has 0 bridgehead atoms. The summed E-state index contributed by atoms with van der Waals surface area (Å²) >= 11 is 0. The highest BCUT2D eigenvalue weighted by molar-refractivity contribution is 5.96. The zero-order valence-electron chi connectivity index (χ0n) is 22.1. The molecule has 0 aliphatic carbocycles. The minimum absolute atomic E-state index is 0.0294. The SMILES string of the molecule is CCCCN(CC(=O)N(Cc1ccc(F)cc1)Cc1coc2ccccc2c1=O)C(=O)c1cccc(OC)c1. The van der Waals surface area contributed by atoms with Crippen molar-refractivity contribution in [3.63, 3.8) is 0 Å². The van der Waals surface area contributed by atoms with Gasteiger partial charge in [0.1, 0.15) is 23.7 Å². The maximum Gasteiger partial charge on any atom is 0.254 e. The summed E-state index contributed by atoms with van der Waals surface area (Å²) < 4.78 is 24.5. The van der Waals surface area contributed by atoms with Gasteiger partial charge in [0.05, 0.1) is 30.9 Å². The third-order valence-corrected chi connectivity index (χ3v) is 6.46. The van der Waals surface area contributed by atoms with Crippen LogP contribution >= 0.6 is 0 Å². The van der Waals surface area contributed by atoms with Gasteiger partial charge >= 0.3 is 0 Å². The van der Waals surface area contributed by atoms with Crippen LogP contribution in [0.4, 0.5) is 4.39 Å². The second kappa shape index (κ2) is 12.9. The van der Waals surface area contributed by atoms with Crippen LogP contribution in [0.25, 0.3) is 11.0 Å². The Morgan fingerprint density at radius 3 is 2.46 bits per heavy atom. The van der Waals surface area contributed by atoms with Crippen LogP contribution in [0.2, 0.25) is 0 Å². The van der Waals surface area contributed by atoms with Crippen molar-refractivity contribution in [1.82, 2.24) is 9.80 Å². The molecule has 1 heterocycles. The molecule has 0 aliphatic heterocycles. The Bertz CT molecular complexity index is 1500. The Labute approximate surface area is 226 Å². The second-order valence-electron chi connectivity index (χ2n) is 9.27. The zero-order chi connectivity index (χ0) is 27.8. The van der Waals surface area contributed by atoms with Crippen molar-refractivity contribution < 1.29 is 23.1 Å². The molecule has 4 aromatic rings. The number of rotatable bonds is 11. The van der Waals surface area contributed by atoms with Gasteiger partial charge in [-0.1, -0.05) is 43.7 Å². The summed E-state index contributed by atoms with van der Waals surface area (Å²) in [6, 6.07) is 19.5. The molecule has 2 amide bonds. The van der Waals surface area contributed by atoms with E-state index in [0.717, 1.165) is 12.8 Å². The summed E-state index contributed by atoms with van der Waals surface area (Å²) in [7, 11) is 1.53. The zero-order valence-corrected chi connectivity index (χ0v) is 22.1. The van der Waals surface area contributed by atoms with E-state index in [9.17, 15) is 18.8 Å². The van der Waals surface area contributed by atoms with Gasteiger partial charge in [-0.15, -0.1) is 0 Å². The number of nitrogens with zero attached hydrogens (tertiary/aromatic N) is 2. The Morgan fingerprint density at radius 2 is 1.72 bits per heavy atom. The van der Waals surface area contributed by atoms with Crippen LogP contribution < -0.4 is 10.2 Å². The van der Waals surface area contributed by atoms with E-state index in [1.165, 1.54) is 35.3 Å². The van der Waals surface area contributed by atoms with E-state index in [-0.39, 0.29) is 42.7 Å². The number of amides is 2. The minimum Gasteiger partial charge on any atom is -0.497 e. The highest BCUT2D eigenvalue weighted by Crippen LogP contribution is 2.17. The summed E-state index contributed by atoms with van der Waals surface area (Å²) in [5.74, 6) is -0.480. The van der Waals surface area contributed by atoms with E-state index in [1.54, 1.807) is 60.7 Å². The smallest absolute Gasteiger partial charge is 0.254 e. The van der Waals surface area contributed by atoms with Crippen molar-refractivity contribution in [2.24, 2.45) is 0 Å². The van der Waals surface area contributed by atoms with E-state index in [1.807, 2.05) is 6.92 Å². The molecule has 1 aromatic heterocycles. The fourth-order valence-corrected chi connectivity index (χ4v) is 4.28. The van der Waals surface area contributed by atoms with Crippen molar-refractivity contribution in [2.45, 2.75) is 32.9 Å². The topological polar surface area (TPSA) is 80.1 Å². The fraction of sp³-hybridized carbons (Fsp3) is 0.258. The second-order valence-corrected chi connectivity index (χ2v) is 9.27. The molecule has 39 heavy (non-hydrogen) atoms. The molecule has 3 aromatic carbocycles. The number of methoxy groups -OCH3 is 1. The molecule has 0 spiro atoms. The Kier molecular flexibility index (Phi) is 9.10. The van der Waals surface area contributed by atoms with E-state index in [2.05, 4.69) is 0 Å². The predicted molar refractivity (Wildman–Crippen MR) is 147 cm³/mol.